The average molecular weight is 342 g/mol. The summed E-state index contributed by atoms with van der Waals surface area (Å²) in [5.74, 6) is 1.50. The van der Waals surface area contributed by atoms with E-state index in [0.717, 1.165) is 42.8 Å². The van der Waals surface area contributed by atoms with Gasteiger partial charge in [0.15, 0.2) is 0 Å². The van der Waals surface area contributed by atoms with E-state index in [2.05, 4.69) is 43.5 Å². The monoisotopic (exact) mass is 342 g/mol. The van der Waals surface area contributed by atoms with Crippen LogP contribution >= 0.6 is 0 Å². The van der Waals surface area contributed by atoms with Crippen LogP contribution in [0.2, 0.25) is 0 Å². The lowest BCUT2D eigenvalue weighted by Gasteiger charge is -2.24. The maximum absolute atomic E-state index is 13.0. The maximum Gasteiger partial charge on any atom is 0.242 e. The van der Waals surface area contributed by atoms with Crippen LogP contribution in [0.25, 0.3) is 11.0 Å². The summed E-state index contributed by atoms with van der Waals surface area (Å²) in [6, 6.07) is 8.69. The van der Waals surface area contributed by atoms with Crippen molar-refractivity contribution < 1.29 is 4.79 Å². The minimum absolute atomic E-state index is 0.212. The molecule has 1 unspecified atom stereocenters. The first kappa shape index (κ1) is 17.9. The van der Waals surface area contributed by atoms with Crippen LogP contribution in [0, 0.1) is 0 Å². The Morgan fingerprint density at radius 3 is 2.72 bits per heavy atom. The second kappa shape index (κ2) is 7.56. The van der Waals surface area contributed by atoms with Crippen molar-refractivity contribution in [1.29, 1.82) is 0 Å². The lowest BCUT2D eigenvalue weighted by atomic mass is 10.1. The number of rotatable bonds is 4. The number of para-hydroxylation sites is 2. The molecule has 1 amide bonds. The molecule has 2 aromatic rings. The minimum Gasteiger partial charge on any atom is -0.341 e. The second-order valence-electron chi connectivity index (χ2n) is 7.63. The summed E-state index contributed by atoms with van der Waals surface area (Å²) in [7, 11) is 4.27. The highest BCUT2D eigenvalue weighted by atomic mass is 16.2. The van der Waals surface area contributed by atoms with Gasteiger partial charge in [-0.25, -0.2) is 4.98 Å². The number of carbonyl (C=O) groups is 1. The van der Waals surface area contributed by atoms with E-state index >= 15 is 0 Å². The lowest BCUT2D eigenvalue weighted by Crippen LogP contribution is -2.36. The Morgan fingerprint density at radius 2 is 2.00 bits per heavy atom. The zero-order valence-corrected chi connectivity index (χ0v) is 15.9. The molecule has 0 spiro atoms. The quantitative estimate of drug-likeness (QED) is 0.857. The average Bonchev–Trinajstić information content (AvgIpc) is 2.78. The van der Waals surface area contributed by atoms with E-state index in [0.29, 0.717) is 18.5 Å². The third-order valence-electron chi connectivity index (χ3n) is 5.27. The molecule has 136 valence electrons. The Balaban J connectivity index is 1.79. The van der Waals surface area contributed by atoms with Gasteiger partial charge in [-0.05, 0) is 45.5 Å². The standard InChI is InChI=1S/C20H30N4O/c1-15(2)20-21-17-9-5-6-10-18(17)24(20)14-19(25)23-12-7-8-16(11-13-23)22(3)4/h5-6,9-10,15-16H,7-8,11-14H2,1-4H3. The number of hydrogen-bond donors (Lipinski definition) is 0. The van der Waals surface area contributed by atoms with Gasteiger partial charge in [-0.1, -0.05) is 26.0 Å². The highest BCUT2D eigenvalue weighted by Crippen LogP contribution is 2.22. The number of likely N-dealkylation sites (tertiary alicyclic amines) is 1. The number of amides is 1. The number of hydrogen-bond acceptors (Lipinski definition) is 3. The van der Waals surface area contributed by atoms with Crippen molar-refractivity contribution in [2.75, 3.05) is 27.2 Å². The normalized spacial score (nSPS) is 19.0. The molecule has 1 aromatic heterocycles. The van der Waals surface area contributed by atoms with Crippen LogP contribution in [0.3, 0.4) is 0 Å². The van der Waals surface area contributed by atoms with Crippen molar-refractivity contribution in [2.24, 2.45) is 0 Å². The van der Waals surface area contributed by atoms with Crippen LogP contribution in [0.15, 0.2) is 24.3 Å². The zero-order chi connectivity index (χ0) is 18.0. The molecule has 3 rings (SSSR count). The Labute approximate surface area is 150 Å². The Hall–Kier alpha value is -1.88. The molecular weight excluding hydrogens is 312 g/mol. The number of aromatic nitrogens is 2. The smallest absolute Gasteiger partial charge is 0.242 e. The fourth-order valence-electron chi connectivity index (χ4n) is 3.78. The van der Waals surface area contributed by atoms with Crippen LogP contribution in [-0.2, 0) is 11.3 Å². The van der Waals surface area contributed by atoms with Crippen molar-refractivity contribution in [3.8, 4) is 0 Å². The molecule has 25 heavy (non-hydrogen) atoms. The van der Waals surface area contributed by atoms with Gasteiger partial charge in [0.2, 0.25) is 5.91 Å². The summed E-state index contributed by atoms with van der Waals surface area (Å²) < 4.78 is 2.11. The van der Waals surface area contributed by atoms with Crippen LogP contribution in [0.4, 0.5) is 0 Å². The van der Waals surface area contributed by atoms with E-state index < -0.39 is 0 Å². The summed E-state index contributed by atoms with van der Waals surface area (Å²) in [6.45, 7) is 6.38. The van der Waals surface area contributed by atoms with E-state index in [1.807, 2.05) is 23.1 Å². The molecule has 0 N–H and O–H groups in total. The summed E-state index contributed by atoms with van der Waals surface area (Å²) in [5.41, 5.74) is 2.03. The molecule has 1 saturated heterocycles. The Morgan fingerprint density at radius 1 is 1.24 bits per heavy atom. The number of fused-ring (bicyclic) bond motifs is 1. The van der Waals surface area contributed by atoms with Gasteiger partial charge >= 0.3 is 0 Å². The van der Waals surface area contributed by atoms with Gasteiger partial charge in [-0.3, -0.25) is 4.79 Å². The van der Waals surface area contributed by atoms with E-state index in [-0.39, 0.29) is 5.91 Å². The third-order valence-corrected chi connectivity index (χ3v) is 5.27. The van der Waals surface area contributed by atoms with Crippen LogP contribution in [0.5, 0.6) is 0 Å². The summed E-state index contributed by atoms with van der Waals surface area (Å²) in [4.78, 5) is 22.1. The fourth-order valence-corrected chi connectivity index (χ4v) is 3.78. The van der Waals surface area contributed by atoms with Crippen LogP contribution < -0.4 is 0 Å². The summed E-state index contributed by atoms with van der Waals surface area (Å²) >= 11 is 0. The first-order valence-electron chi connectivity index (χ1n) is 9.36. The van der Waals surface area contributed by atoms with Crippen molar-refractivity contribution in [3.63, 3.8) is 0 Å². The molecule has 1 aromatic carbocycles. The lowest BCUT2D eigenvalue weighted by molar-refractivity contribution is -0.131. The predicted molar refractivity (Wildman–Crippen MR) is 102 cm³/mol. The Kier molecular flexibility index (Phi) is 5.42. The maximum atomic E-state index is 13.0. The molecule has 0 radical (unpaired) electrons. The van der Waals surface area contributed by atoms with Gasteiger partial charge in [0.05, 0.1) is 11.0 Å². The molecule has 1 aliphatic rings. The van der Waals surface area contributed by atoms with Gasteiger partial charge < -0.3 is 14.4 Å². The number of imidazole rings is 1. The van der Waals surface area contributed by atoms with Gasteiger partial charge in [-0.15, -0.1) is 0 Å². The first-order chi connectivity index (χ1) is 12.0. The van der Waals surface area contributed by atoms with Crippen molar-refractivity contribution >= 4 is 16.9 Å². The largest absolute Gasteiger partial charge is 0.341 e. The van der Waals surface area contributed by atoms with E-state index in [9.17, 15) is 4.79 Å². The van der Waals surface area contributed by atoms with Gasteiger partial charge in [0, 0.05) is 25.0 Å². The topological polar surface area (TPSA) is 41.4 Å². The van der Waals surface area contributed by atoms with E-state index in [4.69, 9.17) is 4.98 Å². The molecule has 0 bridgehead atoms. The molecule has 1 atom stereocenters. The van der Waals surface area contributed by atoms with Crippen LogP contribution in [0.1, 0.15) is 44.9 Å². The highest BCUT2D eigenvalue weighted by Gasteiger charge is 2.23. The molecule has 5 nitrogen and oxygen atoms in total. The predicted octanol–water partition coefficient (Wildman–Crippen LogP) is 3.10. The van der Waals surface area contributed by atoms with E-state index in [1.54, 1.807) is 0 Å². The van der Waals surface area contributed by atoms with E-state index in [1.165, 1.54) is 6.42 Å². The molecule has 5 heteroatoms. The Bertz CT molecular complexity index is 734. The SMILES string of the molecule is CC(C)c1nc2ccccc2n1CC(=O)N1CCCC(N(C)C)CC1. The third kappa shape index (κ3) is 3.87. The molecule has 0 saturated carbocycles. The minimum atomic E-state index is 0.212. The first-order valence-corrected chi connectivity index (χ1v) is 9.36. The number of benzene rings is 1. The molecule has 0 aliphatic carbocycles. The van der Waals surface area contributed by atoms with Crippen molar-refractivity contribution in [2.45, 2.75) is 51.6 Å². The summed E-state index contributed by atoms with van der Waals surface area (Å²) in [6.07, 6.45) is 3.30. The zero-order valence-electron chi connectivity index (χ0n) is 15.9. The van der Waals surface area contributed by atoms with Gasteiger partial charge in [0.1, 0.15) is 12.4 Å². The highest BCUT2D eigenvalue weighted by molar-refractivity contribution is 5.81. The van der Waals surface area contributed by atoms with Gasteiger partial charge in [0.25, 0.3) is 0 Å². The number of nitrogens with zero attached hydrogens (tertiary/aromatic N) is 4. The number of carbonyl (C=O) groups excluding carboxylic acids is 1. The van der Waals surface area contributed by atoms with Crippen molar-refractivity contribution in [1.82, 2.24) is 19.4 Å². The fraction of sp³-hybridized carbons (Fsp3) is 0.600. The molecule has 1 fully saturated rings. The van der Waals surface area contributed by atoms with Gasteiger partial charge in [-0.2, -0.15) is 0 Å². The van der Waals surface area contributed by atoms with Crippen molar-refractivity contribution in [3.05, 3.63) is 30.1 Å². The molecular formula is C20H30N4O. The second-order valence-corrected chi connectivity index (χ2v) is 7.63. The molecule has 2 heterocycles. The van der Waals surface area contributed by atoms with Crippen LogP contribution in [-0.4, -0.2) is 58.5 Å². The molecule has 1 aliphatic heterocycles. The summed E-state index contributed by atoms with van der Waals surface area (Å²) in [5, 5.41) is 0.